The van der Waals surface area contributed by atoms with Gasteiger partial charge in [-0.05, 0) is 36.4 Å². The average molecular weight is 371 g/mol. The van der Waals surface area contributed by atoms with E-state index in [0.717, 1.165) is 7.11 Å². The van der Waals surface area contributed by atoms with Crippen LogP contribution >= 0.6 is 7.26 Å². The van der Waals surface area contributed by atoms with Gasteiger partial charge in [-0.1, -0.05) is 54.6 Å². The van der Waals surface area contributed by atoms with Crippen LogP contribution in [0.15, 0.2) is 91.0 Å². The first kappa shape index (κ1) is 18.2. The van der Waals surface area contributed by atoms with E-state index in [2.05, 4.69) is 4.74 Å². The minimum atomic E-state index is -3.72. The van der Waals surface area contributed by atoms with Gasteiger partial charge in [0.15, 0.2) is 7.26 Å². The first-order chi connectivity index (χ1) is 12.5. The Morgan fingerprint density at radius 3 is 1.31 bits per heavy atom. The van der Waals surface area contributed by atoms with Crippen molar-refractivity contribution in [3.8, 4) is 0 Å². The summed E-state index contributed by atoms with van der Waals surface area (Å²) in [6.45, 7) is 0. The third kappa shape index (κ3) is 2.81. The highest BCUT2D eigenvalue weighted by Gasteiger charge is 2.71. The van der Waals surface area contributed by atoms with E-state index in [1.54, 1.807) is 91.0 Å². The molecular formula is C21H18F2O2P+. The first-order valence-electron chi connectivity index (χ1n) is 8.07. The molecule has 5 heteroatoms. The summed E-state index contributed by atoms with van der Waals surface area (Å²) >= 11 is 0. The van der Waals surface area contributed by atoms with Crippen molar-refractivity contribution in [2.24, 2.45) is 0 Å². The fourth-order valence-corrected chi connectivity index (χ4v) is 7.24. The smallest absolute Gasteiger partial charge is 0.462 e. The normalized spacial score (nSPS) is 11.8. The van der Waals surface area contributed by atoms with Crippen LogP contribution in [0, 0.1) is 0 Å². The molecule has 0 bridgehead atoms. The van der Waals surface area contributed by atoms with Crippen LogP contribution in [0.5, 0.6) is 0 Å². The Labute approximate surface area is 151 Å². The number of benzene rings is 3. The Kier molecular flexibility index (Phi) is 5.15. The molecule has 0 aliphatic heterocycles. The Morgan fingerprint density at radius 1 is 0.731 bits per heavy atom. The summed E-state index contributed by atoms with van der Waals surface area (Å²) in [5, 5.41) is 1.27. The molecule has 2 nitrogen and oxygen atoms in total. The predicted molar refractivity (Wildman–Crippen MR) is 102 cm³/mol. The van der Waals surface area contributed by atoms with Gasteiger partial charge < -0.3 is 4.74 Å². The topological polar surface area (TPSA) is 26.3 Å². The summed E-state index contributed by atoms with van der Waals surface area (Å²) in [5.41, 5.74) is -3.72. The number of halogens is 2. The molecule has 26 heavy (non-hydrogen) atoms. The largest absolute Gasteiger partial charge is 0.464 e. The number of hydrogen-bond donors (Lipinski definition) is 0. The maximum atomic E-state index is 15.8. The second-order valence-electron chi connectivity index (χ2n) is 5.71. The van der Waals surface area contributed by atoms with Gasteiger partial charge in [-0.2, -0.15) is 8.78 Å². The van der Waals surface area contributed by atoms with Crippen LogP contribution in [0.25, 0.3) is 0 Å². The fourth-order valence-electron chi connectivity index (χ4n) is 3.15. The molecule has 3 aromatic rings. The third-order valence-electron chi connectivity index (χ3n) is 4.28. The first-order valence-corrected chi connectivity index (χ1v) is 9.86. The second kappa shape index (κ2) is 7.35. The summed E-state index contributed by atoms with van der Waals surface area (Å²) in [4.78, 5) is 12.3. The Bertz CT molecular complexity index is 772. The lowest BCUT2D eigenvalue weighted by Gasteiger charge is -2.31. The van der Waals surface area contributed by atoms with Crippen LogP contribution in [0.1, 0.15) is 0 Å². The van der Waals surface area contributed by atoms with Crippen molar-refractivity contribution in [1.29, 1.82) is 0 Å². The molecule has 0 heterocycles. The van der Waals surface area contributed by atoms with Crippen molar-refractivity contribution in [3.05, 3.63) is 91.0 Å². The monoisotopic (exact) mass is 371 g/mol. The molecule has 0 aromatic heterocycles. The highest BCUT2D eigenvalue weighted by Crippen LogP contribution is 2.67. The number of hydrogen-bond acceptors (Lipinski definition) is 2. The van der Waals surface area contributed by atoms with E-state index in [9.17, 15) is 4.79 Å². The lowest BCUT2D eigenvalue weighted by atomic mass is 10.4. The summed E-state index contributed by atoms with van der Waals surface area (Å²) in [6, 6.07) is 25.5. The molecule has 0 spiro atoms. The number of methoxy groups -OCH3 is 1. The molecular weight excluding hydrogens is 353 g/mol. The van der Waals surface area contributed by atoms with Crippen molar-refractivity contribution in [2.45, 2.75) is 5.66 Å². The van der Waals surface area contributed by atoms with Crippen molar-refractivity contribution in [3.63, 3.8) is 0 Å². The highest BCUT2D eigenvalue weighted by molar-refractivity contribution is 7.97. The molecule has 0 radical (unpaired) electrons. The number of carbonyl (C=O) groups excluding carboxylic acids is 1. The number of esters is 1. The minimum absolute atomic E-state index is 0.424. The van der Waals surface area contributed by atoms with Gasteiger partial charge in [-0.3, -0.25) is 0 Å². The van der Waals surface area contributed by atoms with Crippen LogP contribution in [0.3, 0.4) is 0 Å². The van der Waals surface area contributed by atoms with E-state index in [1.807, 2.05) is 0 Å². The van der Waals surface area contributed by atoms with Gasteiger partial charge in [0.1, 0.15) is 15.9 Å². The third-order valence-corrected chi connectivity index (χ3v) is 8.53. The zero-order chi connectivity index (χ0) is 18.6. The van der Waals surface area contributed by atoms with Crippen LogP contribution < -0.4 is 15.9 Å². The van der Waals surface area contributed by atoms with E-state index in [0.29, 0.717) is 15.9 Å². The molecule has 0 aliphatic carbocycles. The van der Waals surface area contributed by atoms with E-state index >= 15 is 8.78 Å². The number of ether oxygens (including phenoxy) is 1. The zero-order valence-electron chi connectivity index (χ0n) is 14.2. The number of alkyl halides is 2. The Balaban J connectivity index is 2.46. The summed E-state index contributed by atoms with van der Waals surface area (Å²) in [7, 11) is -2.64. The van der Waals surface area contributed by atoms with E-state index < -0.39 is 18.9 Å². The zero-order valence-corrected chi connectivity index (χ0v) is 15.1. The molecule has 0 aliphatic rings. The van der Waals surface area contributed by atoms with Gasteiger partial charge in [0.25, 0.3) is 0 Å². The molecule has 0 saturated heterocycles. The van der Waals surface area contributed by atoms with Crippen LogP contribution in [-0.2, 0) is 9.53 Å². The standard InChI is InChI=1S/C21H18F2O2P/c1-25-20(24)21(22,23)26(17-11-5-2-6-12-17,18-13-7-3-8-14-18)19-15-9-4-10-16-19/h2-16H,1H3/q+1. The SMILES string of the molecule is COC(=O)C(F)(F)[P+](c1ccccc1)(c1ccccc1)c1ccccc1. The van der Waals surface area contributed by atoms with Crippen LogP contribution in [0.4, 0.5) is 8.78 Å². The summed E-state index contributed by atoms with van der Waals surface area (Å²) < 4.78 is 36.1. The molecule has 0 amide bonds. The second-order valence-corrected chi connectivity index (χ2v) is 9.16. The van der Waals surface area contributed by atoms with Crippen LogP contribution in [-0.4, -0.2) is 18.7 Å². The molecule has 0 N–H and O–H groups in total. The minimum Gasteiger partial charge on any atom is -0.462 e. The van der Waals surface area contributed by atoms with Gasteiger partial charge in [-0.25, -0.2) is 4.79 Å². The van der Waals surface area contributed by atoms with Gasteiger partial charge in [0.05, 0.1) is 7.11 Å². The predicted octanol–water partition coefficient (Wildman–Crippen LogP) is 3.75. The number of rotatable bonds is 5. The summed E-state index contributed by atoms with van der Waals surface area (Å²) in [5.74, 6) is -1.53. The van der Waals surface area contributed by atoms with Gasteiger partial charge in [0, 0.05) is 0 Å². The Morgan fingerprint density at radius 2 is 1.04 bits per heavy atom. The van der Waals surface area contributed by atoms with Crippen molar-refractivity contribution < 1.29 is 18.3 Å². The fraction of sp³-hybridized carbons (Fsp3) is 0.0952. The van der Waals surface area contributed by atoms with Crippen molar-refractivity contribution in [1.82, 2.24) is 0 Å². The molecule has 0 fully saturated rings. The molecule has 132 valence electrons. The lowest BCUT2D eigenvalue weighted by Crippen LogP contribution is -2.47. The lowest BCUT2D eigenvalue weighted by molar-refractivity contribution is -0.157. The van der Waals surface area contributed by atoms with E-state index in [4.69, 9.17) is 0 Å². The average Bonchev–Trinajstić information content (AvgIpc) is 2.70. The Hall–Kier alpha value is -2.58. The number of carbonyl (C=O) groups is 1. The quantitative estimate of drug-likeness (QED) is 0.504. The highest BCUT2D eigenvalue weighted by atomic mass is 31.2. The molecule has 0 saturated carbocycles. The van der Waals surface area contributed by atoms with Crippen molar-refractivity contribution >= 4 is 29.1 Å². The van der Waals surface area contributed by atoms with Crippen molar-refractivity contribution in [2.75, 3.05) is 7.11 Å². The van der Waals surface area contributed by atoms with E-state index in [1.165, 1.54) is 0 Å². The van der Waals surface area contributed by atoms with Gasteiger partial charge >= 0.3 is 11.6 Å². The maximum Gasteiger partial charge on any atom is 0.464 e. The molecule has 3 rings (SSSR count). The summed E-state index contributed by atoms with van der Waals surface area (Å²) in [6.07, 6.45) is 0. The molecule has 0 atom stereocenters. The maximum absolute atomic E-state index is 15.8. The van der Waals surface area contributed by atoms with Gasteiger partial charge in [0.2, 0.25) is 0 Å². The molecule has 0 unspecified atom stereocenters. The van der Waals surface area contributed by atoms with Gasteiger partial charge in [-0.15, -0.1) is 0 Å². The van der Waals surface area contributed by atoms with Crippen LogP contribution in [0.2, 0.25) is 0 Å². The molecule has 3 aromatic carbocycles. The van der Waals surface area contributed by atoms with E-state index in [-0.39, 0.29) is 0 Å².